The van der Waals surface area contributed by atoms with Gasteiger partial charge in [-0.25, -0.2) is 0 Å². The molecule has 21 heavy (non-hydrogen) atoms. The Morgan fingerprint density at radius 1 is 1.33 bits per heavy atom. The fraction of sp³-hybridized carbons (Fsp3) is 0.923. The number of nitrogens with one attached hydrogen (secondary N) is 1. The molecule has 2 aliphatic heterocycles. The van der Waals surface area contributed by atoms with Crippen LogP contribution in [0.25, 0.3) is 0 Å². The molecule has 2 fully saturated rings. The van der Waals surface area contributed by atoms with Crippen LogP contribution in [0.2, 0.25) is 0 Å². The van der Waals surface area contributed by atoms with Crippen LogP contribution in [-0.2, 0) is 4.79 Å². The van der Waals surface area contributed by atoms with E-state index >= 15 is 0 Å². The summed E-state index contributed by atoms with van der Waals surface area (Å²) < 4.78 is 37.3. The number of piperazine rings is 1. The van der Waals surface area contributed by atoms with Crippen molar-refractivity contribution in [1.29, 1.82) is 0 Å². The second kappa shape index (κ2) is 7.65. The quantitative estimate of drug-likeness (QED) is 0.834. The Hall–Kier alpha value is -0.530. The van der Waals surface area contributed by atoms with Crippen molar-refractivity contribution >= 4 is 18.3 Å². The van der Waals surface area contributed by atoms with Crippen LogP contribution in [0.1, 0.15) is 19.8 Å². The third kappa shape index (κ3) is 5.30. The maximum Gasteiger partial charge on any atom is 0.401 e. The van der Waals surface area contributed by atoms with Gasteiger partial charge in [-0.05, 0) is 26.3 Å². The van der Waals surface area contributed by atoms with Crippen molar-refractivity contribution in [2.24, 2.45) is 5.92 Å². The molecule has 2 aliphatic rings. The Balaban J connectivity index is 0.00000220. The van der Waals surface area contributed by atoms with Crippen molar-refractivity contribution in [2.75, 3.05) is 39.3 Å². The average Bonchev–Trinajstić information content (AvgIpc) is 2.37. The van der Waals surface area contributed by atoms with Gasteiger partial charge in [0, 0.05) is 32.2 Å². The normalized spacial score (nSPS) is 28.1. The van der Waals surface area contributed by atoms with Crippen LogP contribution in [0.3, 0.4) is 0 Å². The zero-order valence-electron chi connectivity index (χ0n) is 12.2. The van der Waals surface area contributed by atoms with E-state index in [1.54, 1.807) is 0 Å². The molecule has 1 amide bonds. The number of halogens is 4. The van der Waals surface area contributed by atoms with Crippen LogP contribution < -0.4 is 5.32 Å². The van der Waals surface area contributed by atoms with Crippen LogP contribution in [0.4, 0.5) is 13.2 Å². The van der Waals surface area contributed by atoms with E-state index in [0.29, 0.717) is 25.9 Å². The van der Waals surface area contributed by atoms with E-state index in [4.69, 9.17) is 0 Å². The molecule has 124 valence electrons. The van der Waals surface area contributed by atoms with Gasteiger partial charge in [0.1, 0.15) is 0 Å². The largest absolute Gasteiger partial charge is 0.401 e. The van der Waals surface area contributed by atoms with Crippen LogP contribution in [0.15, 0.2) is 0 Å². The minimum atomic E-state index is -4.19. The van der Waals surface area contributed by atoms with Crippen molar-refractivity contribution < 1.29 is 18.0 Å². The average molecular weight is 330 g/mol. The van der Waals surface area contributed by atoms with Crippen molar-refractivity contribution in [3.63, 3.8) is 0 Å². The molecule has 4 nitrogen and oxygen atoms in total. The number of carbonyl (C=O) groups excluding carboxylic acids is 1. The monoisotopic (exact) mass is 329 g/mol. The highest BCUT2D eigenvalue weighted by molar-refractivity contribution is 5.85. The third-order valence-corrected chi connectivity index (χ3v) is 4.04. The molecule has 0 saturated carbocycles. The van der Waals surface area contributed by atoms with Gasteiger partial charge < -0.3 is 10.2 Å². The number of likely N-dealkylation sites (tertiary alicyclic amines) is 1. The van der Waals surface area contributed by atoms with Crippen LogP contribution in [0.5, 0.6) is 0 Å². The topological polar surface area (TPSA) is 35.6 Å². The Morgan fingerprint density at radius 2 is 2.05 bits per heavy atom. The highest BCUT2D eigenvalue weighted by atomic mass is 35.5. The summed E-state index contributed by atoms with van der Waals surface area (Å²) in [7, 11) is 0. The first-order valence-electron chi connectivity index (χ1n) is 7.17. The van der Waals surface area contributed by atoms with Gasteiger partial charge in [0.15, 0.2) is 0 Å². The number of amides is 1. The van der Waals surface area contributed by atoms with E-state index in [2.05, 4.69) is 5.32 Å². The van der Waals surface area contributed by atoms with Gasteiger partial charge in [-0.2, -0.15) is 13.2 Å². The number of rotatable bonds is 2. The summed E-state index contributed by atoms with van der Waals surface area (Å²) in [5, 5.41) is 3.21. The molecule has 0 aromatic rings. The lowest BCUT2D eigenvalue weighted by atomic mass is 9.95. The maximum absolute atomic E-state index is 12.5. The lowest BCUT2D eigenvalue weighted by Crippen LogP contribution is -2.56. The minimum absolute atomic E-state index is 0. The van der Waals surface area contributed by atoms with Gasteiger partial charge in [-0.1, -0.05) is 0 Å². The van der Waals surface area contributed by atoms with Crippen LogP contribution >= 0.6 is 12.4 Å². The van der Waals surface area contributed by atoms with Gasteiger partial charge in [0.05, 0.1) is 12.5 Å². The standard InChI is InChI=1S/C13H22F3N3O.ClH/c1-10-7-17-4-6-19(10)12(20)11-3-2-5-18(8-11)9-13(14,15)16;/h10-11,17H,2-9H2,1H3;1H/t10-,11?;/m0./s1. The molecule has 0 aromatic carbocycles. The fourth-order valence-electron chi connectivity index (χ4n) is 3.06. The number of hydrogen-bond acceptors (Lipinski definition) is 3. The molecular formula is C13H23ClF3N3O. The Bertz CT molecular complexity index is 354. The Kier molecular flexibility index (Phi) is 6.74. The SMILES string of the molecule is C[C@H]1CNCCN1C(=O)C1CCCN(CC(F)(F)F)C1.Cl. The number of alkyl halides is 3. The predicted molar refractivity (Wildman–Crippen MR) is 76.5 cm³/mol. The third-order valence-electron chi connectivity index (χ3n) is 4.04. The Labute approximate surface area is 129 Å². The summed E-state index contributed by atoms with van der Waals surface area (Å²) in [6.45, 7) is 3.89. The molecule has 2 atom stereocenters. The fourth-order valence-corrected chi connectivity index (χ4v) is 3.06. The smallest absolute Gasteiger partial charge is 0.337 e. The summed E-state index contributed by atoms with van der Waals surface area (Å²) in [5.74, 6) is -0.266. The zero-order valence-corrected chi connectivity index (χ0v) is 13.0. The van der Waals surface area contributed by atoms with Gasteiger partial charge >= 0.3 is 6.18 Å². The van der Waals surface area contributed by atoms with Gasteiger partial charge in [0.25, 0.3) is 0 Å². The molecular weight excluding hydrogens is 307 g/mol. The zero-order chi connectivity index (χ0) is 14.8. The van der Waals surface area contributed by atoms with Crippen LogP contribution in [-0.4, -0.2) is 67.2 Å². The molecule has 2 rings (SSSR count). The van der Waals surface area contributed by atoms with E-state index in [-0.39, 0.29) is 36.8 Å². The lowest BCUT2D eigenvalue weighted by molar-refractivity contribution is -0.155. The maximum atomic E-state index is 12.5. The van der Waals surface area contributed by atoms with E-state index in [1.165, 1.54) is 4.90 Å². The molecule has 0 aliphatic carbocycles. The van der Waals surface area contributed by atoms with Crippen molar-refractivity contribution in [3.8, 4) is 0 Å². The number of carbonyl (C=O) groups is 1. The molecule has 0 spiro atoms. The molecule has 0 bridgehead atoms. The number of nitrogens with zero attached hydrogens (tertiary/aromatic N) is 2. The van der Waals surface area contributed by atoms with E-state index in [0.717, 1.165) is 13.1 Å². The summed E-state index contributed by atoms with van der Waals surface area (Å²) in [4.78, 5) is 15.6. The van der Waals surface area contributed by atoms with Gasteiger partial charge in [-0.15, -0.1) is 12.4 Å². The molecule has 0 radical (unpaired) electrons. The Morgan fingerprint density at radius 3 is 2.67 bits per heavy atom. The molecule has 2 saturated heterocycles. The molecule has 8 heteroatoms. The number of hydrogen-bond donors (Lipinski definition) is 1. The van der Waals surface area contributed by atoms with Gasteiger partial charge in [-0.3, -0.25) is 9.69 Å². The molecule has 2 heterocycles. The van der Waals surface area contributed by atoms with E-state index < -0.39 is 12.7 Å². The van der Waals surface area contributed by atoms with E-state index in [9.17, 15) is 18.0 Å². The summed E-state index contributed by atoms with van der Waals surface area (Å²) in [6, 6.07) is 0.120. The second-order valence-electron chi connectivity index (χ2n) is 5.77. The summed E-state index contributed by atoms with van der Waals surface area (Å²) in [6.07, 6.45) is -2.83. The van der Waals surface area contributed by atoms with Crippen LogP contribution in [0, 0.1) is 5.92 Å². The molecule has 1 N–H and O–H groups in total. The van der Waals surface area contributed by atoms with Crippen molar-refractivity contribution in [1.82, 2.24) is 15.1 Å². The van der Waals surface area contributed by atoms with E-state index in [1.807, 2.05) is 11.8 Å². The first-order chi connectivity index (χ1) is 9.37. The highest BCUT2D eigenvalue weighted by Crippen LogP contribution is 2.24. The second-order valence-corrected chi connectivity index (χ2v) is 5.77. The van der Waals surface area contributed by atoms with Crippen molar-refractivity contribution in [3.05, 3.63) is 0 Å². The van der Waals surface area contributed by atoms with Gasteiger partial charge in [0.2, 0.25) is 5.91 Å². The lowest BCUT2D eigenvalue weighted by Gasteiger charge is -2.39. The first kappa shape index (κ1) is 18.5. The molecule has 1 unspecified atom stereocenters. The first-order valence-corrected chi connectivity index (χ1v) is 7.17. The molecule has 0 aromatic heterocycles. The van der Waals surface area contributed by atoms with Crippen molar-refractivity contribution in [2.45, 2.75) is 32.0 Å². The highest BCUT2D eigenvalue weighted by Gasteiger charge is 2.36. The summed E-state index contributed by atoms with van der Waals surface area (Å²) in [5.41, 5.74) is 0. The minimum Gasteiger partial charge on any atom is -0.337 e. The number of piperidine rings is 1. The summed E-state index contributed by atoms with van der Waals surface area (Å²) >= 11 is 0. The predicted octanol–water partition coefficient (Wildman–Crippen LogP) is 1.50.